The van der Waals surface area contributed by atoms with Crippen LogP contribution in [0.5, 0.6) is 0 Å². The van der Waals surface area contributed by atoms with E-state index in [4.69, 9.17) is 0 Å². The van der Waals surface area contributed by atoms with Crippen molar-refractivity contribution < 1.29 is 0 Å². The molecule has 1 nitrogen and oxygen atoms in total. The number of rotatable bonds is 7. The molecule has 0 spiro atoms. The van der Waals surface area contributed by atoms with Crippen molar-refractivity contribution in [3.63, 3.8) is 0 Å². The summed E-state index contributed by atoms with van der Waals surface area (Å²) in [6, 6.07) is 0.685. The van der Waals surface area contributed by atoms with Gasteiger partial charge in [0.05, 0.1) is 0 Å². The monoisotopic (exact) mass is 155 g/mol. The Kier molecular flexibility index (Phi) is 7.59. The van der Waals surface area contributed by atoms with Crippen LogP contribution in [0.3, 0.4) is 0 Å². The molecule has 1 atom stereocenters. The Labute approximate surface area is 70.9 Å². The van der Waals surface area contributed by atoms with Crippen molar-refractivity contribution >= 4 is 0 Å². The van der Waals surface area contributed by atoms with Crippen molar-refractivity contribution in [1.29, 1.82) is 0 Å². The first kappa shape index (κ1) is 10.7. The van der Waals surface area contributed by atoms with Crippen LogP contribution in [-0.2, 0) is 0 Å². The third-order valence-electron chi connectivity index (χ3n) is 1.80. The van der Waals surface area contributed by atoms with Gasteiger partial charge in [0.15, 0.2) is 0 Å². The lowest BCUT2D eigenvalue weighted by Crippen LogP contribution is -2.26. The summed E-state index contributed by atoms with van der Waals surface area (Å²) in [7, 11) is 0. The molecule has 0 saturated carbocycles. The van der Waals surface area contributed by atoms with Crippen LogP contribution in [0.15, 0.2) is 12.7 Å². The summed E-state index contributed by atoms with van der Waals surface area (Å²) >= 11 is 0. The zero-order valence-electron chi connectivity index (χ0n) is 7.90. The van der Waals surface area contributed by atoms with Crippen LogP contribution < -0.4 is 5.32 Å². The standard InChI is InChI=1S/C10H21N/c1-4-6-7-9-11-10(3)8-5-2/h4,10-11H,1,5-9H2,2-3H3. The van der Waals surface area contributed by atoms with Gasteiger partial charge >= 0.3 is 0 Å². The number of hydrogen-bond donors (Lipinski definition) is 1. The van der Waals surface area contributed by atoms with Crippen LogP contribution in [0, 0.1) is 0 Å². The minimum Gasteiger partial charge on any atom is -0.314 e. The van der Waals surface area contributed by atoms with Gasteiger partial charge in [-0.3, -0.25) is 0 Å². The second-order valence-corrected chi connectivity index (χ2v) is 3.07. The van der Waals surface area contributed by atoms with E-state index in [1.807, 2.05) is 6.08 Å². The van der Waals surface area contributed by atoms with Crippen molar-refractivity contribution in [1.82, 2.24) is 5.32 Å². The average Bonchev–Trinajstić information content (AvgIpc) is 1.99. The maximum atomic E-state index is 3.69. The van der Waals surface area contributed by atoms with Crippen LogP contribution in [0.2, 0.25) is 0 Å². The van der Waals surface area contributed by atoms with E-state index in [1.165, 1.54) is 19.3 Å². The van der Waals surface area contributed by atoms with Gasteiger partial charge in [-0.05, 0) is 32.7 Å². The number of allylic oxidation sites excluding steroid dienone is 1. The van der Waals surface area contributed by atoms with E-state index in [0.29, 0.717) is 6.04 Å². The largest absolute Gasteiger partial charge is 0.314 e. The van der Waals surface area contributed by atoms with Gasteiger partial charge in [0.25, 0.3) is 0 Å². The highest BCUT2D eigenvalue weighted by atomic mass is 14.9. The summed E-state index contributed by atoms with van der Waals surface area (Å²) in [5.41, 5.74) is 0. The summed E-state index contributed by atoms with van der Waals surface area (Å²) in [6.07, 6.45) is 6.89. The smallest absolute Gasteiger partial charge is 0.00386 e. The highest BCUT2D eigenvalue weighted by Crippen LogP contribution is 1.95. The average molecular weight is 155 g/mol. The van der Waals surface area contributed by atoms with Crippen LogP contribution >= 0.6 is 0 Å². The molecular formula is C10H21N. The Bertz CT molecular complexity index is 88.9. The minimum atomic E-state index is 0.685. The zero-order chi connectivity index (χ0) is 8.53. The molecule has 66 valence electrons. The van der Waals surface area contributed by atoms with E-state index in [2.05, 4.69) is 25.7 Å². The highest BCUT2D eigenvalue weighted by Gasteiger charge is 1.96. The molecular weight excluding hydrogens is 134 g/mol. The molecule has 1 heteroatoms. The van der Waals surface area contributed by atoms with Gasteiger partial charge in [0.2, 0.25) is 0 Å². The fourth-order valence-corrected chi connectivity index (χ4v) is 1.13. The summed E-state index contributed by atoms with van der Waals surface area (Å²) in [6.45, 7) is 9.29. The first-order valence-electron chi connectivity index (χ1n) is 4.65. The third-order valence-corrected chi connectivity index (χ3v) is 1.80. The Balaban J connectivity index is 3.03. The summed E-state index contributed by atoms with van der Waals surface area (Å²) < 4.78 is 0. The molecule has 0 aromatic heterocycles. The van der Waals surface area contributed by atoms with Gasteiger partial charge in [0.1, 0.15) is 0 Å². The van der Waals surface area contributed by atoms with Gasteiger partial charge < -0.3 is 5.32 Å². The molecule has 0 aromatic carbocycles. The summed E-state index contributed by atoms with van der Waals surface area (Å²) in [4.78, 5) is 0. The fourth-order valence-electron chi connectivity index (χ4n) is 1.13. The predicted molar refractivity (Wildman–Crippen MR) is 51.8 cm³/mol. The molecule has 1 unspecified atom stereocenters. The van der Waals surface area contributed by atoms with Crippen LogP contribution in [-0.4, -0.2) is 12.6 Å². The quantitative estimate of drug-likeness (QED) is 0.440. The summed E-state index contributed by atoms with van der Waals surface area (Å²) in [5.74, 6) is 0. The molecule has 0 bridgehead atoms. The second-order valence-electron chi connectivity index (χ2n) is 3.07. The molecule has 0 rings (SSSR count). The molecule has 0 aliphatic rings. The second kappa shape index (κ2) is 7.80. The van der Waals surface area contributed by atoms with E-state index in [-0.39, 0.29) is 0 Å². The van der Waals surface area contributed by atoms with Crippen LogP contribution in [0.4, 0.5) is 0 Å². The minimum absolute atomic E-state index is 0.685. The maximum Gasteiger partial charge on any atom is 0.00386 e. The molecule has 0 amide bonds. The molecule has 0 aliphatic heterocycles. The predicted octanol–water partition coefficient (Wildman–Crippen LogP) is 2.73. The molecule has 0 saturated heterocycles. The number of unbranched alkanes of at least 4 members (excludes halogenated alkanes) is 1. The number of hydrogen-bond acceptors (Lipinski definition) is 1. The van der Waals surface area contributed by atoms with E-state index in [1.54, 1.807) is 0 Å². The van der Waals surface area contributed by atoms with E-state index >= 15 is 0 Å². The number of nitrogens with one attached hydrogen (secondary N) is 1. The Morgan fingerprint density at radius 2 is 2.27 bits per heavy atom. The molecule has 11 heavy (non-hydrogen) atoms. The molecule has 0 radical (unpaired) electrons. The van der Waals surface area contributed by atoms with Crippen molar-refractivity contribution in [2.24, 2.45) is 0 Å². The Morgan fingerprint density at radius 3 is 2.82 bits per heavy atom. The highest BCUT2D eigenvalue weighted by molar-refractivity contribution is 4.67. The van der Waals surface area contributed by atoms with Gasteiger partial charge in [-0.15, -0.1) is 6.58 Å². The Hall–Kier alpha value is -0.300. The molecule has 0 heterocycles. The van der Waals surface area contributed by atoms with Gasteiger partial charge in [0, 0.05) is 6.04 Å². The SMILES string of the molecule is C=CCCCNC(C)CCC. The lowest BCUT2D eigenvalue weighted by molar-refractivity contribution is 0.503. The van der Waals surface area contributed by atoms with Gasteiger partial charge in [-0.1, -0.05) is 19.4 Å². The molecule has 0 aromatic rings. The lowest BCUT2D eigenvalue weighted by atomic mass is 10.2. The first-order chi connectivity index (χ1) is 5.31. The van der Waals surface area contributed by atoms with Gasteiger partial charge in [-0.2, -0.15) is 0 Å². The van der Waals surface area contributed by atoms with Crippen molar-refractivity contribution in [3.05, 3.63) is 12.7 Å². The van der Waals surface area contributed by atoms with Crippen molar-refractivity contribution in [2.45, 2.75) is 45.6 Å². The zero-order valence-corrected chi connectivity index (χ0v) is 7.90. The van der Waals surface area contributed by atoms with Crippen molar-refractivity contribution in [2.75, 3.05) is 6.54 Å². The maximum absolute atomic E-state index is 3.69. The first-order valence-corrected chi connectivity index (χ1v) is 4.65. The normalized spacial score (nSPS) is 12.9. The van der Waals surface area contributed by atoms with Gasteiger partial charge in [-0.25, -0.2) is 0 Å². The summed E-state index contributed by atoms with van der Waals surface area (Å²) in [5, 5.41) is 3.47. The lowest BCUT2D eigenvalue weighted by Gasteiger charge is -2.11. The van der Waals surface area contributed by atoms with E-state index in [0.717, 1.165) is 13.0 Å². The van der Waals surface area contributed by atoms with Crippen LogP contribution in [0.25, 0.3) is 0 Å². The molecule has 0 fully saturated rings. The van der Waals surface area contributed by atoms with Crippen LogP contribution in [0.1, 0.15) is 39.5 Å². The Morgan fingerprint density at radius 1 is 1.55 bits per heavy atom. The molecule has 0 aliphatic carbocycles. The van der Waals surface area contributed by atoms with E-state index in [9.17, 15) is 0 Å². The molecule has 1 N–H and O–H groups in total. The third kappa shape index (κ3) is 7.60. The van der Waals surface area contributed by atoms with Crippen molar-refractivity contribution in [3.8, 4) is 0 Å². The van der Waals surface area contributed by atoms with E-state index < -0.39 is 0 Å². The fraction of sp³-hybridized carbons (Fsp3) is 0.800. The topological polar surface area (TPSA) is 12.0 Å².